The molecule has 1 aliphatic rings. The zero-order chi connectivity index (χ0) is 14.7. The smallest absolute Gasteiger partial charge is 0.143 e. The van der Waals surface area contributed by atoms with Crippen LogP contribution in [0.2, 0.25) is 0 Å². The monoisotopic (exact) mass is 347 g/mol. The van der Waals surface area contributed by atoms with Crippen LogP contribution in [0, 0.1) is 6.92 Å². The number of phenols is 1. The molecule has 6 heteroatoms. The summed E-state index contributed by atoms with van der Waals surface area (Å²) >= 11 is 0. The lowest BCUT2D eigenvalue weighted by molar-refractivity contribution is 0.169. The van der Waals surface area contributed by atoms with E-state index >= 15 is 0 Å². The Kier molecular flexibility index (Phi) is 8.86. The first kappa shape index (κ1) is 21.1. The van der Waals surface area contributed by atoms with Gasteiger partial charge < -0.3 is 16.2 Å². The van der Waals surface area contributed by atoms with E-state index in [-0.39, 0.29) is 36.6 Å². The van der Waals surface area contributed by atoms with Crippen LogP contribution in [0.5, 0.6) is 5.75 Å². The highest BCUT2D eigenvalue weighted by Crippen LogP contribution is 2.38. The molecule has 0 aromatic heterocycles. The second kappa shape index (κ2) is 9.26. The van der Waals surface area contributed by atoms with Gasteiger partial charge in [0.2, 0.25) is 0 Å². The van der Waals surface area contributed by atoms with Gasteiger partial charge in [0.1, 0.15) is 5.75 Å². The lowest BCUT2D eigenvalue weighted by atomic mass is 9.93. The molecule has 0 spiro atoms. The Morgan fingerprint density at radius 3 is 2.50 bits per heavy atom. The van der Waals surface area contributed by atoms with Crippen LogP contribution in [0.1, 0.15) is 30.5 Å². The van der Waals surface area contributed by atoms with Crippen LogP contribution < -0.4 is 11.1 Å². The molecule has 1 heterocycles. The molecule has 0 saturated carbocycles. The average molecular weight is 348 g/mol. The third kappa shape index (κ3) is 4.78. The summed E-state index contributed by atoms with van der Waals surface area (Å²) in [5.41, 5.74) is 9.49. The maximum Gasteiger partial charge on any atom is 0.143 e. The van der Waals surface area contributed by atoms with Gasteiger partial charge in [-0.1, -0.05) is 11.6 Å². The van der Waals surface area contributed by atoms with Crippen molar-refractivity contribution >= 4 is 30.5 Å². The predicted molar refractivity (Wildman–Crippen MR) is 98.4 cm³/mol. The van der Waals surface area contributed by atoms with Gasteiger partial charge in [-0.3, -0.25) is 4.90 Å². The Bertz CT molecular complexity index is 502. The number of rotatable bonds is 4. The van der Waals surface area contributed by atoms with E-state index in [0.717, 1.165) is 49.3 Å². The lowest BCUT2D eigenvalue weighted by Gasteiger charge is -2.36. The van der Waals surface area contributed by atoms with Crippen molar-refractivity contribution in [3.05, 3.63) is 35.4 Å². The molecule has 2 rings (SSSR count). The average Bonchev–Trinajstić information content (AvgIpc) is 2.43. The van der Waals surface area contributed by atoms with Gasteiger partial charge in [0.15, 0.2) is 0 Å². The lowest BCUT2D eigenvalue weighted by Crippen LogP contribution is -2.45. The van der Waals surface area contributed by atoms with E-state index in [1.54, 1.807) is 6.07 Å². The van der Waals surface area contributed by atoms with E-state index in [4.69, 9.17) is 5.73 Å². The third-order valence-corrected chi connectivity index (χ3v) is 3.93. The minimum atomic E-state index is 0. The highest BCUT2D eigenvalue weighted by molar-refractivity contribution is 5.85. The van der Waals surface area contributed by atoms with Crippen molar-refractivity contribution in [2.45, 2.75) is 26.3 Å². The van der Waals surface area contributed by atoms with Crippen molar-refractivity contribution in [3.8, 4) is 5.75 Å². The molecule has 1 aromatic carbocycles. The number of hydrogen-bond donors (Lipinski definition) is 3. The van der Waals surface area contributed by atoms with Crippen molar-refractivity contribution < 1.29 is 5.11 Å². The highest BCUT2D eigenvalue weighted by Gasteiger charge is 2.26. The standard InChI is InChI=1S/C16H25N3O.2ClH/c1-11(2)10-14(19-8-6-18-7-9-19)15-12(3)4-5-13(17)16(15)20;;/h4-5,14,18,20H,1,6-10,17H2,2-3H3;2*1H/t14-;;/m0../s1. The van der Waals surface area contributed by atoms with Crippen LogP contribution in [-0.4, -0.2) is 36.2 Å². The molecule has 1 saturated heterocycles. The fourth-order valence-corrected chi connectivity index (χ4v) is 2.88. The summed E-state index contributed by atoms with van der Waals surface area (Å²) in [4.78, 5) is 2.41. The number of piperazine rings is 1. The normalized spacial score (nSPS) is 16.3. The molecule has 0 aliphatic carbocycles. The maximum atomic E-state index is 10.4. The number of anilines is 1. The summed E-state index contributed by atoms with van der Waals surface area (Å²) in [6.45, 7) is 12.0. The van der Waals surface area contributed by atoms with E-state index in [2.05, 4.69) is 16.8 Å². The van der Waals surface area contributed by atoms with Crippen molar-refractivity contribution in [1.82, 2.24) is 10.2 Å². The molecule has 4 N–H and O–H groups in total. The van der Waals surface area contributed by atoms with Crippen molar-refractivity contribution in [2.24, 2.45) is 0 Å². The number of nitrogens with two attached hydrogens (primary N) is 1. The summed E-state index contributed by atoms with van der Waals surface area (Å²) in [6.07, 6.45) is 0.845. The fourth-order valence-electron chi connectivity index (χ4n) is 2.88. The molecule has 1 aromatic rings. The number of aryl methyl sites for hydroxylation is 1. The number of benzene rings is 1. The van der Waals surface area contributed by atoms with Crippen LogP contribution in [0.4, 0.5) is 5.69 Å². The third-order valence-electron chi connectivity index (χ3n) is 3.93. The first-order valence-corrected chi connectivity index (χ1v) is 7.17. The van der Waals surface area contributed by atoms with Crippen LogP contribution >= 0.6 is 24.8 Å². The Balaban J connectivity index is 0.00000220. The van der Waals surface area contributed by atoms with Crippen LogP contribution in [0.15, 0.2) is 24.3 Å². The Labute approximate surface area is 145 Å². The first-order valence-electron chi connectivity index (χ1n) is 7.17. The van der Waals surface area contributed by atoms with E-state index in [1.165, 1.54) is 0 Å². The molecule has 1 aliphatic heterocycles. The molecule has 1 atom stereocenters. The zero-order valence-corrected chi connectivity index (χ0v) is 14.9. The van der Waals surface area contributed by atoms with E-state index in [0.29, 0.717) is 5.69 Å². The van der Waals surface area contributed by atoms with Crippen molar-refractivity contribution in [2.75, 3.05) is 31.9 Å². The van der Waals surface area contributed by atoms with Gasteiger partial charge in [0.05, 0.1) is 5.69 Å². The number of hydrogen-bond acceptors (Lipinski definition) is 4. The number of nitrogens with one attached hydrogen (secondary N) is 1. The zero-order valence-electron chi connectivity index (χ0n) is 13.3. The minimum absolute atomic E-state index is 0. The maximum absolute atomic E-state index is 10.4. The molecule has 4 nitrogen and oxygen atoms in total. The number of nitrogens with zero attached hydrogens (tertiary/aromatic N) is 1. The summed E-state index contributed by atoms with van der Waals surface area (Å²) in [7, 11) is 0. The van der Waals surface area contributed by atoms with Crippen LogP contribution in [-0.2, 0) is 0 Å². The molecule has 1 fully saturated rings. The highest BCUT2D eigenvalue weighted by atomic mass is 35.5. The van der Waals surface area contributed by atoms with Crippen LogP contribution in [0.25, 0.3) is 0 Å². The summed E-state index contributed by atoms with van der Waals surface area (Å²) in [6, 6.07) is 3.90. The van der Waals surface area contributed by atoms with Gasteiger partial charge in [-0.2, -0.15) is 0 Å². The molecule has 22 heavy (non-hydrogen) atoms. The van der Waals surface area contributed by atoms with E-state index in [1.807, 2.05) is 19.9 Å². The van der Waals surface area contributed by atoms with Gasteiger partial charge in [-0.05, 0) is 31.9 Å². The second-order valence-electron chi connectivity index (χ2n) is 5.70. The molecule has 0 amide bonds. The van der Waals surface area contributed by atoms with E-state index < -0.39 is 0 Å². The van der Waals surface area contributed by atoms with Gasteiger partial charge in [0, 0.05) is 37.8 Å². The van der Waals surface area contributed by atoms with E-state index in [9.17, 15) is 5.11 Å². The molecule has 0 radical (unpaired) electrons. The summed E-state index contributed by atoms with van der Waals surface area (Å²) < 4.78 is 0. The van der Waals surface area contributed by atoms with Crippen molar-refractivity contribution in [3.63, 3.8) is 0 Å². The second-order valence-corrected chi connectivity index (χ2v) is 5.70. The van der Waals surface area contributed by atoms with Gasteiger partial charge in [0.25, 0.3) is 0 Å². The SMILES string of the molecule is C=C(C)C[C@@H](c1c(C)ccc(N)c1O)N1CCNCC1.Cl.Cl. The fraction of sp³-hybridized carbons (Fsp3) is 0.500. The topological polar surface area (TPSA) is 61.5 Å². The molecule has 126 valence electrons. The predicted octanol–water partition coefficient (Wildman–Crippen LogP) is 3.04. The van der Waals surface area contributed by atoms with Gasteiger partial charge in [-0.15, -0.1) is 31.4 Å². The number of halogens is 2. The Morgan fingerprint density at radius 2 is 1.95 bits per heavy atom. The Hall–Kier alpha value is -0.940. The Morgan fingerprint density at radius 1 is 1.36 bits per heavy atom. The molecular weight excluding hydrogens is 321 g/mol. The molecule has 0 bridgehead atoms. The minimum Gasteiger partial charge on any atom is -0.505 e. The molecule has 0 unspecified atom stereocenters. The molecular formula is C16H27Cl2N3O. The largest absolute Gasteiger partial charge is 0.505 e. The number of aromatic hydroxyl groups is 1. The number of nitrogen functional groups attached to an aromatic ring is 1. The summed E-state index contributed by atoms with van der Waals surface area (Å²) in [5.74, 6) is 0.231. The quantitative estimate of drug-likeness (QED) is 0.445. The van der Waals surface area contributed by atoms with Gasteiger partial charge in [-0.25, -0.2) is 0 Å². The first-order chi connectivity index (χ1) is 9.50. The van der Waals surface area contributed by atoms with Gasteiger partial charge >= 0.3 is 0 Å². The van der Waals surface area contributed by atoms with Crippen molar-refractivity contribution in [1.29, 1.82) is 0 Å². The number of phenolic OH excluding ortho intramolecular Hbond substituents is 1. The summed E-state index contributed by atoms with van der Waals surface area (Å²) in [5, 5.41) is 13.8. The van der Waals surface area contributed by atoms with Crippen LogP contribution in [0.3, 0.4) is 0 Å².